The molecule has 0 spiro atoms. The van der Waals surface area contributed by atoms with Crippen molar-refractivity contribution in [1.29, 1.82) is 0 Å². The summed E-state index contributed by atoms with van der Waals surface area (Å²) in [7, 11) is 0. The Hall–Kier alpha value is -2.02. The van der Waals surface area contributed by atoms with Crippen LogP contribution >= 0.6 is 15.9 Å². The van der Waals surface area contributed by atoms with E-state index in [0.717, 1.165) is 0 Å². The van der Waals surface area contributed by atoms with E-state index in [2.05, 4.69) is 36.2 Å². The molecule has 6 nitrogen and oxygen atoms in total. The van der Waals surface area contributed by atoms with E-state index >= 15 is 0 Å². The fourth-order valence-corrected chi connectivity index (χ4v) is 1.53. The van der Waals surface area contributed by atoms with Crippen molar-refractivity contribution in [1.82, 2.24) is 15.0 Å². The molecule has 7 heteroatoms. The topological polar surface area (TPSA) is 93.8 Å². The second-order valence-corrected chi connectivity index (χ2v) is 3.95. The molecule has 2 aromatic rings. The van der Waals surface area contributed by atoms with Crippen LogP contribution in [0.2, 0.25) is 0 Å². The van der Waals surface area contributed by atoms with Crippen LogP contribution in [0, 0.1) is 0 Å². The Bertz CT molecular complexity index is 560. The first-order valence-corrected chi connectivity index (χ1v) is 5.45. The summed E-state index contributed by atoms with van der Waals surface area (Å²) in [6.07, 6.45) is 5.98. The molecule has 0 aliphatic heterocycles. The Labute approximate surface area is 105 Å². The van der Waals surface area contributed by atoms with Crippen LogP contribution in [-0.4, -0.2) is 20.9 Å². The van der Waals surface area contributed by atoms with E-state index in [0.29, 0.717) is 10.2 Å². The fourth-order valence-electron chi connectivity index (χ4n) is 1.18. The van der Waals surface area contributed by atoms with Crippen LogP contribution in [0.4, 0.5) is 11.5 Å². The molecule has 0 radical (unpaired) electrons. The number of nitrogens with two attached hydrogens (primary N) is 1. The molecule has 0 bridgehead atoms. The van der Waals surface area contributed by atoms with Gasteiger partial charge in [-0.2, -0.15) is 0 Å². The summed E-state index contributed by atoms with van der Waals surface area (Å²) in [6.45, 7) is 0. The first-order chi connectivity index (χ1) is 8.18. The summed E-state index contributed by atoms with van der Waals surface area (Å²) in [5.41, 5.74) is 6.24. The molecule has 3 N–H and O–H groups in total. The zero-order valence-corrected chi connectivity index (χ0v) is 10.2. The van der Waals surface area contributed by atoms with Crippen LogP contribution in [0.3, 0.4) is 0 Å². The standard InChI is InChI=1S/C10H8BrN5O/c11-6-5-13-2-1-7(6)16-10(17)8-9(12)15-4-3-14-8/h1-5H,(H2,12,15)(H,13,16,17). The van der Waals surface area contributed by atoms with Crippen LogP contribution in [0.25, 0.3) is 0 Å². The van der Waals surface area contributed by atoms with Crippen LogP contribution in [0.1, 0.15) is 10.5 Å². The number of carbonyl (C=O) groups is 1. The predicted octanol–water partition coefficient (Wildman–Crippen LogP) is 1.47. The molecule has 0 saturated heterocycles. The molecule has 86 valence electrons. The molecule has 0 atom stereocenters. The fraction of sp³-hybridized carbons (Fsp3) is 0. The van der Waals surface area contributed by atoms with Gasteiger partial charge in [0.25, 0.3) is 5.91 Å². The van der Waals surface area contributed by atoms with Gasteiger partial charge < -0.3 is 11.1 Å². The number of nitrogens with zero attached hydrogens (tertiary/aromatic N) is 3. The Morgan fingerprint density at radius 1 is 1.29 bits per heavy atom. The van der Waals surface area contributed by atoms with Crippen LogP contribution in [0.5, 0.6) is 0 Å². The SMILES string of the molecule is Nc1nccnc1C(=O)Nc1ccncc1Br. The number of hydrogen-bond donors (Lipinski definition) is 2. The summed E-state index contributed by atoms with van der Waals surface area (Å²) in [5.74, 6) is -0.322. The first-order valence-electron chi connectivity index (χ1n) is 4.66. The maximum Gasteiger partial charge on any atom is 0.278 e. The van der Waals surface area contributed by atoms with Crippen molar-refractivity contribution < 1.29 is 4.79 Å². The van der Waals surface area contributed by atoms with Gasteiger partial charge in [-0.25, -0.2) is 9.97 Å². The van der Waals surface area contributed by atoms with Crippen molar-refractivity contribution in [2.75, 3.05) is 11.1 Å². The van der Waals surface area contributed by atoms with Gasteiger partial charge in [0.05, 0.1) is 10.2 Å². The Morgan fingerprint density at radius 3 is 2.76 bits per heavy atom. The van der Waals surface area contributed by atoms with E-state index in [1.165, 1.54) is 12.4 Å². The second kappa shape index (κ2) is 4.88. The highest BCUT2D eigenvalue weighted by Gasteiger charge is 2.13. The highest BCUT2D eigenvalue weighted by atomic mass is 79.9. The Kier molecular flexibility index (Phi) is 3.29. The Morgan fingerprint density at radius 2 is 2.06 bits per heavy atom. The van der Waals surface area contributed by atoms with E-state index < -0.39 is 5.91 Å². The molecule has 0 aliphatic rings. The van der Waals surface area contributed by atoms with E-state index in [1.807, 2.05) is 0 Å². The van der Waals surface area contributed by atoms with Crippen LogP contribution < -0.4 is 11.1 Å². The number of rotatable bonds is 2. The lowest BCUT2D eigenvalue weighted by Gasteiger charge is -2.06. The van der Waals surface area contributed by atoms with Crippen molar-refractivity contribution >= 4 is 33.3 Å². The normalized spacial score (nSPS) is 9.94. The lowest BCUT2D eigenvalue weighted by molar-refractivity contribution is 0.102. The summed E-state index contributed by atoms with van der Waals surface area (Å²) in [4.78, 5) is 23.4. The molecule has 0 aliphatic carbocycles. The minimum atomic E-state index is -0.414. The number of hydrogen-bond acceptors (Lipinski definition) is 5. The molecule has 2 aromatic heterocycles. The maximum absolute atomic E-state index is 11.9. The molecule has 0 fully saturated rings. The van der Waals surface area contributed by atoms with E-state index in [-0.39, 0.29) is 11.5 Å². The summed E-state index contributed by atoms with van der Waals surface area (Å²) in [5, 5.41) is 2.66. The van der Waals surface area contributed by atoms with E-state index in [9.17, 15) is 4.79 Å². The highest BCUT2D eigenvalue weighted by Crippen LogP contribution is 2.20. The monoisotopic (exact) mass is 293 g/mol. The average molecular weight is 294 g/mol. The van der Waals surface area contributed by atoms with Gasteiger partial charge in [0.1, 0.15) is 0 Å². The third-order valence-electron chi connectivity index (χ3n) is 1.96. The van der Waals surface area contributed by atoms with Crippen molar-refractivity contribution in [3.05, 3.63) is 41.0 Å². The number of anilines is 2. The molecule has 1 amide bonds. The van der Waals surface area contributed by atoms with Gasteiger partial charge >= 0.3 is 0 Å². The van der Waals surface area contributed by atoms with Crippen molar-refractivity contribution in [2.45, 2.75) is 0 Å². The minimum Gasteiger partial charge on any atom is -0.382 e. The molecular formula is C10H8BrN5O. The first kappa shape index (κ1) is 11.5. The largest absolute Gasteiger partial charge is 0.382 e. The number of nitrogen functional groups attached to an aromatic ring is 1. The van der Waals surface area contributed by atoms with Gasteiger partial charge in [-0.1, -0.05) is 0 Å². The molecular weight excluding hydrogens is 286 g/mol. The number of pyridine rings is 1. The third-order valence-corrected chi connectivity index (χ3v) is 2.59. The van der Waals surface area contributed by atoms with Gasteiger partial charge in [-0.3, -0.25) is 9.78 Å². The average Bonchev–Trinajstić information content (AvgIpc) is 2.32. The lowest BCUT2D eigenvalue weighted by atomic mass is 10.3. The summed E-state index contributed by atoms with van der Waals surface area (Å²) < 4.78 is 0.677. The molecule has 2 heterocycles. The van der Waals surface area contributed by atoms with Gasteiger partial charge in [-0.15, -0.1) is 0 Å². The van der Waals surface area contributed by atoms with Crippen molar-refractivity contribution in [3.63, 3.8) is 0 Å². The Balaban J connectivity index is 2.24. The van der Waals surface area contributed by atoms with E-state index in [1.54, 1.807) is 18.5 Å². The van der Waals surface area contributed by atoms with Gasteiger partial charge in [0.2, 0.25) is 0 Å². The van der Waals surface area contributed by atoms with Crippen LogP contribution in [0.15, 0.2) is 35.3 Å². The second-order valence-electron chi connectivity index (χ2n) is 3.10. The number of amides is 1. The molecule has 2 rings (SSSR count). The summed E-state index contributed by atoms with van der Waals surface area (Å²) in [6, 6.07) is 1.66. The molecule has 0 unspecified atom stereocenters. The van der Waals surface area contributed by atoms with E-state index in [4.69, 9.17) is 5.73 Å². The highest BCUT2D eigenvalue weighted by molar-refractivity contribution is 9.10. The van der Waals surface area contributed by atoms with Crippen molar-refractivity contribution in [3.8, 4) is 0 Å². The van der Waals surface area contributed by atoms with Gasteiger partial charge in [-0.05, 0) is 22.0 Å². The summed E-state index contributed by atoms with van der Waals surface area (Å²) >= 11 is 3.27. The molecule has 0 aromatic carbocycles. The zero-order valence-electron chi connectivity index (χ0n) is 8.59. The predicted molar refractivity (Wildman–Crippen MR) is 66.3 cm³/mol. The number of nitrogens with one attached hydrogen (secondary N) is 1. The number of halogens is 1. The quantitative estimate of drug-likeness (QED) is 0.874. The smallest absolute Gasteiger partial charge is 0.278 e. The molecule has 17 heavy (non-hydrogen) atoms. The zero-order chi connectivity index (χ0) is 12.3. The number of aromatic nitrogens is 3. The van der Waals surface area contributed by atoms with Crippen molar-refractivity contribution in [2.24, 2.45) is 0 Å². The molecule has 0 saturated carbocycles. The minimum absolute atomic E-state index is 0.0928. The third kappa shape index (κ3) is 2.56. The number of carbonyl (C=O) groups excluding carboxylic acids is 1. The van der Waals surface area contributed by atoms with Gasteiger partial charge in [0.15, 0.2) is 11.5 Å². The lowest BCUT2D eigenvalue weighted by Crippen LogP contribution is -2.16. The van der Waals surface area contributed by atoms with Gasteiger partial charge in [0, 0.05) is 24.8 Å². The van der Waals surface area contributed by atoms with Crippen LogP contribution in [-0.2, 0) is 0 Å². The maximum atomic E-state index is 11.9.